The van der Waals surface area contributed by atoms with Gasteiger partial charge in [0, 0.05) is 16.9 Å². The summed E-state index contributed by atoms with van der Waals surface area (Å²) >= 11 is 0. The summed E-state index contributed by atoms with van der Waals surface area (Å²) in [6.45, 7) is 9.73. The van der Waals surface area contributed by atoms with Gasteiger partial charge in [-0.3, -0.25) is 9.59 Å². The van der Waals surface area contributed by atoms with E-state index in [2.05, 4.69) is 17.6 Å². The summed E-state index contributed by atoms with van der Waals surface area (Å²) < 4.78 is 5.81. The van der Waals surface area contributed by atoms with E-state index >= 15 is 0 Å². The number of hydrogen-bond acceptors (Lipinski definition) is 3. The van der Waals surface area contributed by atoms with Crippen molar-refractivity contribution in [1.82, 2.24) is 0 Å². The van der Waals surface area contributed by atoms with Crippen LogP contribution in [0.25, 0.3) is 0 Å². The molecule has 0 saturated carbocycles. The first-order valence-electron chi connectivity index (χ1n) is 10.8. The zero-order valence-corrected chi connectivity index (χ0v) is 19.3. The number of ether oxygens (including phenoxy) is 1. The third kappa shape index (κ3) is 5.35. The molecule has 0 saturated heterocycles. The Bertz CT molecular complexity index is 1120. The summed E-state index contributed by atoms with van der Waals surface area (Å²) in [5.41, 5.74) is 6.42. The monoisotopic (exact) mass is 430 g/mol. The normalized spacial score (nSPS) is 11.5. The molecule has 166 valence electrons. The molecule has 0 radical (unpaired) electrons. The minimum Gasteiger partial charge on any atom is -0.481 e. The van der Waals surface area contributed by atoms with E-state index in [0.717, 1.165) is 40.0 Å². The zero-order valence-electron chi connectivity index (χ0n) is 19.3. The topological polar surface area (TPSA) is 67.4 Å². The van der Waals surface area contributed by atoms with Gasteiger partial charge in [-0.2, -0.15) is 0 Å². The van der Waals surface area contributed by atoms with E-state index in [0.29, 0.717) is 11.3 Å². The molecule has 0 heterocycles. The van der Waals surface area contributed by atoms with Crippen molar-refractivity contribution in [2.75, 3.05) is 10.6 Å². The van der Waals surface area contributed by atoms with Crippen molar-refractivity contribution in [3.63, 3.8) is 0 Å². The van der Waals surface area contributed by atoms with Crippen LogP contribution in [-0.4, -0.2) is 17.9 Å². The number of hydrogen-bond donors (Lipinski definition) is 2. The van der Waals surface area contributed by atoms with Crippen LogP contribution in [0.4, 0.5) is 11.4 Å². The Morgan fingerprint density at radius 3 is 2.22 bits per heavy atom. The highest BCUT2D eigenvalue weighted by Crippen LogP contribution is 2.23. The van der Waals surface area contributed by atoms with Crippen molar-refractivity contribution in [3.05, 3.63) is 88.5 Å². The van der Waals surface area contributed by atoms with Crippen molar-refractivity contribution in [1.29, 1.82) is 0 Å². The first-order valence-corrected chi connectivity index (χ1v) is 10.8. The largest absolute Gasteiger partial charge is 0.481 e. The van der Waals surface area contributed by atoms with Crippen molar-refractivity contribution in [3.8, 4) is 5.75 Å². The Hall–Kier alpha value is -3.60. The molecule has 0 aliphatic rings. The Balaban J connectivity index is 1.63. The summed E-state index contributed by atoms with van der Waals surface area (Å²) in [6, 6.07) is 18.6. The van der Waals surface area contributed by atoms with Gasteiger partial charge in [0.2, 0.25) is 0 Å². The highest BCUT2D eigenvalue weighted by molar-refractivity contribution is 6.04. The average Bonchev–Trinajstić information content (AvgIpc) is 2.78. The van der Waals surface area contributed by atoms with Crippen LogP contribution >= 0.6 is 0 Å². The predicted octanol–water partition coefficient (Wildman–Crippen LogP) is 5.83. The summed E-state index contributed by atoms with van der Waals surface area (Å²) in [7, 11) is 0. The number of anilines is 2. The van der Waals surface area contributed by atoms with E-state index in [-0.39, 0.29) is 11.8 Å². The number of nitrogens with one attached hydrogen (secondary N) is 2. The summed E-state index contributed by atoms with van der Waals surface area (Å²) in [4.78, 5) is 25.3. The van der Waals surface area contributed by atoms with Crippen molar-refractivity contribution in [2.45, 2.75) is 47.1 Å². The second kappa shape index (κ2) is 10.1. The maximum Gasteiger partial charge on any atom is 0.265 e. The molecule has 5 nitrogen and oxygen atoms in total. The van der Waals surface area contributed by atoms with E-state index in [1.807, 2.05) is 57.2 Å². The lowest BCUT2D eigenvalue weighted by atomic mass is 10.1. The van der Waals surface area contributed by atoms with Crippen LogP contribution in [0.2, 0.25) is 0 Å². The smallest absolute Gasteiger partial charge is 0.265 e. The van der Waals surface area contributed by atoms with Gasteiger partial charge in [-0.05, 0) is 86.7 Å². The highest BCUT2D eigenvalue weighted by atomic mass is 16.5. The molecule has 3 aromatic rings. The first kappa shape index (κ1) is 23.1. The van der Waals surface area contributed by atoms with Crippen molar-refractivity contribution >= 4 is 23.2 Å². The van der Waals surface area contributed by atoms with E-state index in [1.54, 1.807) is 31.2 Å². The molecular weight excluding hydrogens is 400 g/mol. The summed E-state index contributed by atoms with van der Waals surface area (Å²) in [5.74, 6) is 0.116. The molecule has 0 aromatic heterocycles. The molecule has 1 unspecified atom stereocenters. The molecular formula is C27H30N2O3. The van der Waals surface area contributed by atoms with Gasteiger partial charge in [0.25, 0.3) is 11.8 Å². The van der Waals surface area contributed by atoms with Gasteiger partial charge >= 0.3 is 0 Å². The maximum absolute atomic E-state index is 12.7. The molecule has 0 fully saturated rings. The molecule has 5 heteroatoms. The van der Waals surface area contributed by atoms with Gasteiger partial charge in [-0.15, -0.1) is 0 Å². The molecule has 3 aromatic carbocycles. The molecule has 3 rings (SSSR count). The molecule has 0 aliphatic heterocycles. The number of amides is 2. The highest BCUT2D eigenvalue weighted by Gasteiger charge is 2.17. The van der Waals surface area contributed by atoms with Crippen LogP contribution in [0.15, 0.2) is 60.7 Å². The molecule has 2 amide bonds. The van der Waals surface area contributed by atoms with Crippen LogP contribution in [0.3, 0.4) is 0 Å². The minimum absolute atomic E-state index is 0.192. The Morgan fingerprint density at radius 1 is 0.875 bits per heavy atom. The number of rotatable bonds is 7. The third-order valence-corrected chi connectivity index (χ3v) is 5.64. The van der Waals surface area contributed by atoms with Crippen LogP contribution < -0.4 is 15.4 Å². The lowest BCUT2D eigenvalue weighted by Crippen LogP contribution is -2.30. The zero-order chi connectivity index (χ0) is 23.3. The Kier molecular flexibility index (Phi) is 7.31. The number of aryl methyl sites for hydroxylation is 3. The van der Waals surface area contributed by atoms with E-state index in [4.69, 9.17) is 4.74 Å². The van der Waals surface area contributed by atoms with E-state index in [1.165, 1.54) is 0 Å². The third-order valence-electron chi connectivity index (χ3n) is 5.64. The lowest BCUT2D eigenvalue weighted by molar-refractivity contribution is -0.122. The van der Waals surface area contributed by atoms with Gasteiger partial charge in [0.15, 0.2) is 6.10 Å². The molecule has 2 N–H and O–H groups in total. The lowest BCUT2D eigenvalue weighted by Gasteiger charge is -2.18. The molecule has 0 bridgehead atoms. The predicted molar refractivity (Wildman–Crippen MR) is 130 cm³/mol. The Morgan fingerprint density at radius 2 is 1.53 bits per heavy atom. The SMILES string of the molecule is CCc1cccc(C)c1NC(=O)C(C)Oc1ccc(C(=O)Nc2cccc(C)c2C)cc1. The fourth-order valence-corrected chi connectivity index (χ4v) is 3.45. The van der Waals surface area contributed by atoms with Gasteiger partial charge in [-0.1, -0.05) is 37.3 Å². The average molecular weight is 431 g/mol. The Labute approximate surface area is 189 Å². The van der Waals surface area contributed by atoms with Crippen LogP contribution in [-0.2, 0) is 11.2 Å². The molecule has 32 heavy (non-hydrogen) atoms. The van der Waals surface area contributed by atoms with Gasteiger partial charge in [0.05, 0.1) is 0 Å². The second-order valence-electron chi connectivity index (χ2n) is 7.94. The fraction of sp³-hybridized carbons (Fsp3) is 0.259. The molecule has 0 spiro atoms. The van der Waals surface area contributed by atoms with Crippen molar-refractivity contribution < 1.29 is 14.3 Å². The first-order chi connectivity index (χ1) is 15.3. The van der Waals surface area contributed by atoms with Crippen molar-refractivity contribution in [2.24, 2.45) is 0 Å². The number of carbonyl (C=O) groups excluding carboxylic acids is 2. The van der Waals surface area contributed by atoms with Crippen LogP contribution in [0, 0.1) is 20.8 Å². The minimum atomic E-state index is -0.686. The van der Waals surface area contributed by atoms with Gasteiger partial charge in [-0.25, -0.2) is 0 Å². The fourth-order valence-electron chi connectivity index (χ4n) is 3.45. The van der Waals surface area contributed by atoms with Gasteiger partial charge < -0.3 is 15.4 Å². The summed E-state index contributed by atoms with van der Waals surface area (Å²) in [6.07, 6.45) is 0.145. The van der Waals surface area contributed by atoms with E-state index < -0.39 is 6.10 Å². The summed E-state index contributed by atoms with van der Waals surface area (Å²) in [5, 5.41) is 5.93. The van der Waals surface area contributed by atoms with E-state index in [9.17, 15) is 9.59 Å². The van der Waals surface area contributed by atoms with Crippen LogP contribution in [0.5, 0.6) is 5.75 Å². The molecule has 0 aliphatic carbocycles. The number of carbonyl (C=O) groups is 2. The quantitative estimate of drug-likeness (QED) is 0.495. The number of benzene rings is 3. The number of para-hydroxylation sites is 1. The second-order valence-corrected chi connectivity index (χ2v) is 7.94. The van der Waals surface area contributed by atoms with Gasteiger partial charge in [0.1, 0.15) is 5.75 Å². The molecule has 1 atom stereocenters. The van der Waals surface area contributed by atoms with Crippen LogP contribution in [0.1, 0.15) is 46.5 Å². The maximum atomic E-state index is 12.7. The standard InChI is InChI=1S/C27H30N2O3/c1-6-21-11-7-10-18(3)25(21)29-26(30)20(5)32-23-15-13-22(14-16-23)27(31)28-24-12-8-9-17(2)19(24)4/h7-16,20H,6H2,1-5H3,(H,28,31)(H,29,30).